The molecule has 5 nitrogen and oxygen atoms in total. The zero-order valence-electron chi connectivity index (χ0n) is 10.7. The van der Waals surface area contributed by atoms with E-state index in [4.69, 9.17) is 4.55 Å². The predicted octanol–water partition coefficient (Wildman–Crippen LogP) is 2.62. The lowest BCUT2D eigenvalue weighted by Crippen LogP contribution is -2.55. The van der Waals surface area contributed by atoms with Gasteiger partial charge in [-0.05, 0) is 6.42 Å². The second-order valence-corrected chi connectivity index (χ2v) is 5.63. The molecule has 0 aromatic carbocycles. The summed E-state index contributed by atoms with van der Waals surface area (Å²) in [6, 6.07) is 0. The summed E-state index contributed by atoms with van der Waals surface area (Å²) >= 11 is 0. The summed E-state index contributed by atoms with van der Waals surface area (Å²) in [7, 11) is -6.34. The average Bonchev–Trinajstić information content (AvgIpc) is 2.29. The highest BCUT2D eigenvalue weighted by molar-refractivity contribution is 7.88. The van der Waals surface area contributed by atoms with Gasteiger partial charge in [-0.1, -0.05) is 32.6 Å². The SMILES string of the molecule is CCCCCCCOC(=O)C(F)(C(F)(F)F)S(=O)(=O)O. The van der Waals surface area contributed by atoms with Crippen molar-refractivity contribution < 1.29 is 40.1 Å². The molecule has 0 aliphatic heterocycles. The number of carbonyl (C=O) groups is 1. The van der Waals surface area contributed by atoms with Crippen LogP contribution in [0.3, 0.4) is 0 Å². The number of hydrogen-bond acceptors (Lipinski definition) is 4. The molecule has 10 heteroatoms. The van der Waals surface area contributed by atoms with Crippen molar-refractivity contribution in [3.63, 3.8) is 0 Å². The van der Waals surface area contributed by atoms with Gasteiger partial charge in [0.05, 0.1) is 6.61 Å². The molecule has 0 radical (unpaired) electrons. The molecule has 1 atom stereocenters. The predicted molar refractivity (Wildman–Crippen MR) is 61.2 cm³/mol. The monoisotopic (exact) mass is 324 g/mol. The Morgan fingerprint density at radius 3 is 2.00 bits per heavy atom. The fraction of sp³-hybridized carbons (Fsp3) is 0.900. The van der Waals surface area contributed by atoms with E-state index >= 15 is 0 Å². The number of hydrogen-bond donors (Lipinski definition) is 1. The lowest BCUT2D eigenvalue weighted by Gasteiger charge is -2.22. The average molecular weight is 324 g/mol. The van der Waals surface area contributed by atoms with E-state index in [-0.39, 0.29) is 6.42 Å². The minimum atomic E-state index is -6.34. The van der Waals surface area contributed by atoms with Crippen molar-refractivity contribution in [2.45, 2.75) is 50.2 Å². The zero-order valence-corrected chi connectivity index (χ0v) is 11.6. The number of unbranched alkanes of at least 4 members (excludes halogenated alkanes) is 4. The quantitative estimate of drug-likeness (QED) is 0.321. The Kier molecular flexibility index (Phi) is 6.88. The maximum Gasteiger partial charge on any atom is 0.451 e. The highest BCUT2D eigenvalue weighted by atomic mass is 32.2. The summed E-state index contributed by atoms with van der Waals surface area (Å²) in [4.78, 5) is 11.0. The minimum absolute atomic E-state index is 0.172. The molecule has 1 unspecified atom stereocenters. The molecule has 0 bridgehead atoms. The molecule has 0 fully saturated rings. The summed E-state index contributed by atoms with van der Waals surface area (Å²) in [6.45, 7) is 1.38. The van der Waals surface area contributed by atoms with Gasteiger partial charge in [0.2, 0.25) is 0 Å². The number of alkyl halides is 4. The largest absolute Gasteiger partial charge is 0.462 e. The Balaban J connectivity index is 4.63. The van der Waals surface area contributed by atoms with Crippen LogP contribution in [0.25, 0.3) is 0 Å². The first-order valence-corrected chi connectivity index (χ1v) is 7.32. The number of esters is 1. The van der Waals surface area contributed by atoms with E-state index in [2.05, 4.69) is 4.74 Å². The molecular formula is C10H16F4O5S. The second kappa shape index (κ2) is 7.21. The molecule has 0 saturated carbocycles. The van der Waals surface area contributed by atoms with Gasteiger partial charge in [0.1, 0.15) is 0 Å². The third-order valence-electron chi connectivity index (χ3n) is 2.46. The van der Waals surface area contributed by atoms with Crippen molar-refractivity contribution in [1.82, 2.24) is 0 Å². The fourth-order valence-electron chi connectivity index (χ4n) is 1.33. The van der Waals surface area contributed by atoms with Crippen LogP contribution in [-0.4, -0.2) is 36.7 Å². The molecule has 0 aromatic rings. The normalized spacial score (nSPS) is 15.7. The van der Waals surface area contributed by atoms with Crippen LogP contribution in [0.1, 0.15) is 39.0 Å². The van der Waals surface area contributed by atoms with Crippen LogP contribution < -0.4 is 0 Å². The van der Waals surface area contributed by atoms with E-state index in [1.54, 1.807) is 0 Å². The van der Waals surface area contributed by atoms with Crippen LogP contribution in [0, 0.1) is 0 Å². The molecule has 1 N–H and O–H groups in total. The number of rotatable bonds is 8. The lowest BCUT2D eigenvalue weighted by molar-refractivity contribution is -0.215. The van der Waals surface area contributed by atoms with Crippen molar-refractivity contribution in [3.05, 3.63) is 0 Å². The molecule has 0 aliphatic rings. The summed E-state index contributed by atoms with van der Waals surface area (Å²) in [5.41, 5.74) is 0. The molecular weight excluding hydrogens is 308 g/mol. The van der Waals surface area contributed by atoms with Gasteiger partial charge >= 0.3 is 27.3 Å². The smallest absolute Gasteiger partial charge is 0.451 e. The Morgan fingerprint density at radius 1 is 1.10 bits per heavy atom. The third-order valence-corrected chi connectivity index (χ3v) is 3.57. The van der Waals surface area contributed by atoms with Crippen LogP contribution in [-0.2, 0) is 19.6 Å². The molecule has 0 aromatic heterocycles. The van der Waals surface area contributed by atoms with Crippen molar-refractivity contribution in [2.24, 2.45) is 0 Å². The minimum Gasteiger partial charge on any atom is -0.462 e. The molecule has 0 heterocycles. The molecule has 0 rings (SSSR count). The van der Waals surface area contributed by atoms with Gasteiger partial charge in [-0.2, -0.15) is 21.6 Å². The molecule has 0 amide bonds. The second-order valence-electron chi connectivity index (χ2n) is 4.12. The first-order valence-electron chi connectivity index (χ1n) is 5.88. The van der Waals surface area contributed by atoms with Crippen molar-refractivity contribution in [1.29, 1.82) is 0 Å². The zero-order chi connectivity index (χ0) is 16.0. The summed E-state index contributed by atoms with van der Waals surface area (Å²) in [5, 5.41) is -5.45. The molecule has 0 spiro atoms. The number of ether oxygens (including phenoxy) is 1. The van der Waals surface area contributed by atoms with Crippen LogP contribution in [0.4, 0.5) is 17.6 Å². The highest BCUT2D eigenvalue weighted by Gasteiger charge is 2.72. The van der Waals surface area contributed by atoms with E-state index in [9.17, 15) is 30.8 Å². The van der Waals surface area contributed by atoms with E-state index in [1.165, 1.54) is 0 Å². The summed E-state index contributed by atoms with van der Waals surface area (Å²) in [5.74, 6) is -2.68. The lowest BCUT2D eigenvalue weighted by atomic mass is 10.2. The molecule has 120 valence electrons. The molecule has 0 saturated heterocycles. The van der Waals surface area contributed by atoms with Crippen LogP contribution in [0.2, 0.25) is 0 Å². The highest BCUT2D eigenvalue weighted by Crippen LogP contribution is 2.39. The van der Waals surface area contributed by atoms with Crippen molar-refractivity contribution >= 4 is 16.1 Å². The topological polar surface area (TPSA) is 80.7 Å². The van der Waals surface area contributed by atoms with Gasteiger partial charge in [-0.25, -0.2) is 9.18 Å². The number of carbonyl (C=O) groups excluding carboxylic acids is 1. The Morgan fingerprint density at radius 2 is 1.60 bits per heavy atom. The summed E-state index contributed by atoms with van der Waals surface area (Å²) in [6.07, 6.45) is -2.85. The van der Waals surface area contributed by atoms with Crippen LogP contribution in [0.15, 0.2) is 0 Å². The van der Waals surface area contributed by atoms with E-state index in [1.807, 2.05) is 6.92 Å². The van der Waals surface area contributed by atoms with Crippen LogP contribution in [0.5, 0.6) is 0 Å². The standard InChI is InChI=1S/C10H16F4O5S/c1-2-3-4-5-6-7-19-8(15)9(11,10(12,13)14)20(16,17)18/h2-7H2,1H3,(H,16,17,18). The first kappa shape index (κ1) is 19.1. The van der Waals surface area contributed by atoms with Crippen LogP contribution >= 0.6 is 0 Å². The van der Waals surface area contributed by atoms with Gasteiger partial charge in [0, 0.05) is 0 Å². The van der Waals surface area contributed by atoms with Gasteiger partial charge in [0.15, 0.2) is 0 Å². The van der Waals surface area contributed by atoms with Crippen molar-refractivity contribution in [2.75, 3.05) is 6.61 Å². The maximum absolute atomic E-state index is 13.4. The van der Waals surface area contributed by atoms with Gasteiger partial charge in [-0.3, -0.25) is 4.55 Å². The van der Waals surface area contributed by atoms with Crippen molar-refractivity contribution in [3.8, 4) is 0 Å². The van der Waals surface area contributed by atoms with E-state index < -0.39 is 33.9 Å². The Bertz CT molecular complexity index is 420. The summed E-state index contributed by atoms with van der Waals surface area (Å²) < 4.78 is 83.5. The molecule has 20 heavy (non-hydrogen) atoms. The van der Waals surface area contributed by atoms with Gasteiger partial charge < -0.3 is 4.74 Å². The first-order chi connectivity index (χ1) is 8.98. The van der Waals surface area contributed by atoms with Gasteiger partial charge in [0.25, 0.3) is 0 Å². The van der Waals surface area contributed by atoms with E-state index in [0.717, 1.165) is 19.3 Å². The van der Waals surface area contributed by atoms with Gasteiger partial charge in [-0.15, -0.1) is 0 Å². The Hall–Kier alpha value is -0.900. The molecule has 0 aliphatic carbocycles. The maximum atomic E-state index is 13.4. The third kappa shape index (κ3) is 4.58. The Labute approximate surface area is 114 Å². The van der Waals surface area contributed by atoms with E-state index in [0.29, 0.717) is 6.42 Å². The fourth-order valence-corrected chi connectivity index (χ4v) is 1.89. The number of halogens is 4.